The average Bonchev–Trinajstić information content (AvgIpc) is 3.72. The number of para-hydroxylation sites is 1. The van der Waals surface area contributed by atoms with E-state index in [0.717, 1.165) is 79.3 Å². The number of fused-ring (bicyclic) bond motifs is 2. The number of nitrogens with zero attached hydrogens (tertiary/aromatic N) is 6. The Balaban J connectivity index is 1.01. The third-order valence-electron chi connectivity index (χ3n) is 12.3. The van der Waals surface area contributed by atoms with Gasteiger partial charge in [0.05, 0.1) is 23.8 Å². The number of piperidine rings is 2. The first-order valence-electron chi connectivity index (χ1n) is 20.9. The van der Waals surface area contributed by atoms with E-state index < -0.39 is 12.2 Å². The number of unbranched alkanes of at least 4 members (excludes halogenated alkanes) is 2. The van der Waals surface area contributed by atoms with Crippen molar-refractivity contribution >= 4 is 39.9 Å². The van der Waals surface area contributed by atoms with Crippen LogP contribution in [-0.4, -0.2) is 131 Å². The zero-order valence-corrected chi connectivity index (χ0v) is 34.0. The van der Waals surface area contributed by atoms with Crippen LogP contribution in [0.4, 0.5) is 9.59 Å². The first-order valence-corrected chi connectivity index (χ1v) is 20.9. The lowest BCUT2D eigenvalue weighted by Crippen LogP contribution is -2.59. The highest BCUT2D eigenvalue weighted by Crippen LogP contribution is 2.29. The zero-order chi connectivity index (χ0) is 40.6. The Morgan fingerprint density at radius 3 is 2.45 bits per heavy atom. The molecule has 3 aliphatic heterocycles. The lowest BCUT2D eigenvalue weighted by atomic mass is 9.89. The largest absolute Gasteiger partial charge is 0.510 e. The number of aryl methyl sites for hydroxylation is 1. The Hall–Kier alpha value is -5.21. The third kappa shape index (κ3) is 9.72. The molecule has 2 aromatic carbocycles. The lowest BCUT2D eigenvalue weighted by Gasteiger charge is -2.43. The summed E-state index contributed by atoms with van der Waals surface area (Å²) < 4.78 is 12.1. The zero-order valence-electron chi connectivity index (χ0n) is 34.0. The van der Waals surface area contributed by atoms with Crippen LogP contribution in [0.5, 0.6) is 0 Å². The number of allylic oxidation sites excluding steroid dienone is 1. The van der Waals surface area contributed by atoms with Crippen molar-refractivity contribution in [3.63, 3.8) is 0 Å². The Morgan fingerprint density at radius 1 is 0.931 bits per heavy atom. The van der Waals surface area contributed by atoms with E-state index in [-0.39, 0.29) is 36.8 Å². The topological polar surface area (TPSA) is 145 Å². The molecule has 58 heavy (non-hydrogen) atoms. The summed E-state index contributed by atoms with van der Waals surface area (Å²) >= 11 is 0. The molecule has 5 heterocycles. The van der Waals surface area contributed by atoms with Gasteiger partial charge in [-0.1, -0.05) is 30.3 Å². The molecule has 2 N–H and O–H groups in total. The van der Waals surface area contributed by atoms with Crippen LogP contribution in [0.1, 0.15) is 67.6 Å². The number of likely N-dealkylation sites (tertiary alicyclic amines) is 2. The number of aromatic nitrogens is 3. The molecular weight excluding hydrogens is 737 g/mol. The Labute approximate surface area is 340 Å². The summed E-state index contributed by atoms with van der Waals surface area (Å²) in [5, 5.41) is 12.2. The number of hydrogen-bond acceptors (Lipinski definition) is 9. The highest BCUT2D eigenvalue weighted by molar-refractivity contribution is 5.88. The van der Waals surface area contributed by atoms with Gasteiger partial charge in [-0.25, -0.2) is 9.59 Å². The van der Waals surface area contributed by atoms with Crippen molar-refractivity contribution in [1.82, 2.24) is 39.7 Å². The van der Waals surface area contributed by atoms with Gasteiger partial charge >= 0.3 is 12.2 Å². The van der Waals surface area contributed by atoms with Gasteiger partial charge in [-0.3, -0.25) is 24.2 Å². The fourth-order valence-corrected chi connectivity index (χ4v) is 8.86. The molecule has 3 aliphatic rings. The summed E-state index contributed by atoms with van der Waals surface area (Å²) in [6, 6.07) is 13.1. The van der Waals surface area contributed by atoms with Gasteiger partial charge in [0.25, 0.3) is 5.56 Å². The van der Waals surface area contributed by atoms with Gasteiger partial charge in [0.2, 0.25) is 5.91 Å². The number of amides is 3. The number of rotatable bonds is 13. The van der Waals surface area contributed by atoms with Crippen LogP contribution in [0.2, 0.25) is 0 Å². The van der Waals surface area contributed by atoms with Crippen LogP contribution >= 0.6 is 0 Å². The van der Waals surface area contributed by atoms with E-state index in [0.29, 0.717) is 69.0 Å². The second kappa shape index (κ2) is 19.0. The predicted molar refractivity (Wildman–Crippen MR) is 224 cm³/mol. The number of pyridine rings is 1. The van der Waals surface area contributed by atoms with Crippen molar-refractivity contribution in [3.05, 3.63) is 88.4 Å². The maximum absolute atomic E-state index is 14.3. The van der Waals surface area contributed by atoms with E-state index in [1.54, 1.807) is 11.1 Å². The van der Waals surface area contributed by atoms with Gasteiger partial charge in [-0.05, 0) is 113 Å². The molecule has 0 unspecified atom stereocenters. The van der Waals surface area contributed by atoms with Crippen LogP contribution in [0.25, 0.3) is 21.8 Å². The molecule has 3 fully saturated rings. The van der Waals surface area contributed by atoms with Crippen LogP contribution in [0.3, 0.4) is 0 Å². The molecule has 0 aliphatic carbocycles. The van der Waals surface area contributed by atoms with Crippen molar-refractivity contribution in [2.75, 3.05) is 66.0 Å². The molecule has 1 atom stereocenters. The molecule has 0 spiro atoms. The normalized spacial score (nSPS) is 18.0. The molecular formula is C44H58N8O6. The summed E-state index contributed by atoms with van der Waals surface area (Å²) in [6.45, 7) is 11.7. The molecule has 2 aromatic heterocycles. The number of carbonyl (C=O) groups excluding carboxylic acids is 3. The summed E-state index contributed by atoms with van der Waals surface area (Å²) in [6.07, 6.45) is 9.00. The van der Waals surface area contributed by atoms with Gasteiger partial charge in [0, 0.05) is 62.7 Å². The number of hydrogen-bond donors (Lipinski definition) is 2. The number of H-pyrrole nitrogens is 1. The number of benzene rings is 2. The van der Waals surface area contributed by atoms with Crippen molar-refractivity contribution in [1.29, 1.82) is 0 Å². The number of aromatic amines is 1. The second-order valence-electron chi connectivity index (χ2n) is 16.2. The molecule has 4 aromatic rings. The summed E-state index contributed by atoms with van der Waals surface area (Å²) in [5.41, 5.74) is 4.01. The minimum atomic E-state index is -0.817. The van der Waals surface area contributed by atoms with Crippen molar-refractivity contribution in [2.24, 2.45) is 0 Å². The number of carbonyl (C=O) groups is 3. The monoisotopic (exact) mass is 794 g/mol. The van der Waals surface area contributed by atoms with Crippen LogP contribution in [0, 0.1) is 6.92 Å². The van der Waals surface area contributed by atoms with E-state index in [4.69, 9.17) is 9.47 Å². The minimum absolute atomic E-state index is 0.0632. The van der Waals surface area contributed by atoms with E-state index in [1.807, 2.05) is 54.3 Å². The molecule has 3 saturated heterocycles. The molecule has 0 bridgehead atoms. The van der Waals surface area contributed by atoms with E-state index in [9.17, 15) is 19.2 Å². The van der Waals surface area contributed by atoms with Gasteiger partial charge in [-0.2, -0.15) is 5.10 Å². The average molecular weight is 795 g/mol. The number of nitrogens with one attached hydrogen (secondary N) is 2. The van der Waals surface area contributed by atoms with E-state index in [1.165, 1.54) is 4.57 Å². The van der Waals surface area contributed by atoms with Crippen LogP contribution in [-0.2, 0) is 27.4 Å². The highest BCUT2D eigenvalue weighted by atomic mass is 16.7. The van der Waals surface area contributed by atoms with Crippen molar-refractivity contribution in [2.45, 2.75) is 83.0 Å². The SMILES string of the molecule is C=CCCCCOC(=O)OCn1c(=O)c(C2CCN(C(=O)N[C@H](Cc3cc(C)c4[nH]ncc4c3)C(=O)N3CCN(C4CCN(C)CC4)CC3)CC2)cc2ccccc21. The smallest absolute Gasteiger partial charge is 0.434 e. The van der Waals surface area contributed by atoms with Crippen LogP contribution < -0.4 is 10.9 Å². The van der Waals surface area contributed by atoms with E-state index >= 15 is 0 Å². The quantitative estimate of drug-likeness (QED) is 0.103. The Kier molecular flexibility index (Phi) is 13.4. The Morgan fingerprint density at radius 2 is 1.69 bits per heavy atom. The van der Waals surface area contributed by atoms with Gasteiger partial charge in [0.1, 0.15) is 6.04 Å². The van der Waals surface area contributed by atoms with E-state index in [2.05, 4.69) is 45.0 Å². The van der Waals surface area contributed by atoms with Crippen LogP contribution in [0.15, 0.2) is 66.1 Å². The number of ether oxygens (including phenoxy) is 2. The minimum Gasteiger partial charge on any atom is -0.434 e. The maximum Gasteiger partial charge on any atom is 0.510 e. The molecule has 0 saturated carbocycles. The summed E-state index contributed by atoms with van der Waals surface area (Å²) in [7, 11) is 2.17. The van der Waals surface area contributed by atoms with Crippen molar-refractivity contribution in [3.8, 4) is 0 Å². The summed E-state index contributed by atoms with van der Waals surface area (Å²) in [5.74, 6) is -0.168. The fraction of sp³-hybridized carbons (Fsp3) is 0.523. The molecule has 3 amide bonds. The van der Waals surface area contributed by atoms with Gasteiger partial charge in [0.15, 0.2) is 6.73 Å². The lowest BCUT2D eigenvalue weighted by molar-refractivity contribution is -0.135. The Bertz CT molecular complexity index is 2130. The molecule has 0 radical (unpaired) electrons. The molecule has 310 valence electrons. The first-order chi connectivity index (χ1) is 28.2. The second-order valence-corrected chi connectivity index (χ2v) is 16.2. The number of piperazine rings is 1. The van der Waals surface area contributed by atoms with Gasteiger partial charge < -0.3 is 29.5 Å². The maximum atomic E-state index is 14.3. The number of urea groups is 1. The summed E-state index contributed by atoms with van der Waals surface area (Å²) in [4.78, 5) is 63.3. The predicted octanol–water partition coefficient (Wildman–Crippen LogP) is 5.39. The fourth-order valence-electron chi connectivity index (χ4n) is 8.86. The highest BCUT2D eigenvalue weighted by Gasteiger charge is 2.34. The first kappa shape index (κ1) is 41.0. The van der Waals surface area contributed by atoms with Gasteiger partial charge in [-0.15, -0.1) is 6.58 Å². The molecule has 14 nitrogen and oxygen atoms in total. The molecule has 14 heteroatoms. The standard InChI is InChI=1S/C44H58N8O6/c1-4-5-6-9-24-57-44(56)58-30-52-39-11-8-7-10-34(39)28-37(41(52)53)33-12-18-51(19-13-33)43(55)46-38(27-32-25-31(2)40-35(26-32)29-45-47-40)42(54)50-22-20-49(21-23-50)36-14-16-48(3)17-15-36/h4,7-8,10-11,25-26,28-29,33,36,38H,1,5-6,9,12-24,27,30H2,2-3H3,(H,45,47)(H,46,55)/t38-/m1/s1. The van der Waals surface area contributed by atoms with Crippen molar-refractivity contribution < 1.29 is 23.9 Å². The molecule has 7 rings (SSSR count). The third-order valence-corrected chi connectivity index (χ3v) is 12.3.